The molecule has 0 amide bonds. The molecule has 1 unspecified atom stereocenters. The summed E-state index contributed by atoms with van der Waals surface area (Å²) in [5, 5.41) is 9.92. The average molecular weight is 213 g/mol. The van der Waals surface area contributed by atoms with E-state index in [1.165, 1.54) is 0 Å². The van der Waals surface area contributed by atoms with Crippen LogP contribution in [0.25, 0.3) is 0 Å². The van der Waals surface area contributed by atoms with Crippen molar-refractivity contribution in [1.82, 2.24) is 9.88 Å². The number of aromatic nitrogens is 1. The maximum absolute atomic E-state index is 9.36. The Hall–Kier alpha value is -0.640. The summed E-state index contributed by atoms with van der Waals surface area (Å²) in [4.78, 5) is 6.20. The molecule has 1 aromatic heterocycles. The highest BCUT2D eigenvalue weighted by atomic mass is 35.5. The summed E-state index contributed by atoms with van der Waals surface area (Å²) in [6, 6.07) is 3.85. The van der Waals surface area contributed by atoms with Crippen LogP contribution in [-0.4, -0.2) is 34.2 Å². The van der Waals surface area contributed by atoms with Crippen LogP contribution in [0.15, 0.2) is 18.3 Å². The maximum atomic E-state index is 9.36. The van der Waals surface area contributed by atoms with Gasteiger partial charge in [0.2, 0.25) is 0 Å². The number of hydrogen-bond acceptors (Lipinski definition) is 3. The van der Waals surface area contributed by atoms with Crippen LogP contribution in [0.4, 0.5) is 0 Å². The van der Waals surface area contributed by atoms with E-state index in [-0.39, 0.29) is 6.10 Å². The highest BCUT2D eigenvalue weighted by molar-refractivity contribution is 6.30. The molecule has 1 saturated heterocycles. The van der Waals surface area contributed by atoms with Crippen molar-refractivity contribution in [2.24, 2.45) is 0 Å². The summed E-state index contributed by atoms with van der Waals surface area (Å²) in [6.45, 7) is 2.46. The molecule has 14 heavy (non-hydrogen) atoms. The number of likely N-dealkylation sites (tertiary alicyclic amines) is 1. The maximum Gasteiger partial charge on any atom is 0.133 e. The number of β-amino-alcohol motifs (C(OH)–C–C–N with tert-alkyl or cyclic N) is 1. The molecule has 0 aliphatic carbocycles. The average Bonchev–Trinajstić information content (AvgIpc) is 2.56. The minimum Gasteiger partial charge on any atom is -0.392 e. The number of halogens is 1. The molecule has 0 radical (unpaired) electrons. The fraction of sp³-hybridized carbons (Fsp3) is 0.500. The Kier molecular flexibility index (Phi) is 3.01. The summed E-state index contributed by atoms with van der Waals surface area (Å²) in [7, 11) is 0. The van der Waals surface area contributed by atoms with Gasteiger partial charge in [-0.05, 0) is 12.5 Å². The van der Waals surface area contributed by atoms with E-state index in [9.17, 15) is 5.11 Å². The van der Waals surface area contributed by atoms with E-state index >= 15 is 0 Å². The summed E-state index contributed by atoms with van der Waals surface area (Å²) in [6.07, 6.45) is 2.37. The first-order valence-electron chi connectivity index (χ1n) is 4.75. The molecule has 1 aliphatic rings. The van der Waals surface area contributed by atoms with Gasteiger partial charge in [-0.15, -0.1) is 0 Å². The molecule has 1 aromatic rings. The monoisotopic (exact) mass is 212 g/mol. The van der Waals surface area contributed by atoms with Crippen molar-refractivity contribution in [3.63, 3.8) is 0 Å². The highest BCUT2D eigenvalue weighted by Crippen LogP contribution is 2.17. The van der Waals surface area contributed by atoms with Gasteiger partial charge in [0.1, 0.15) is 5.15 Å². The SMILES string of the molecule is OC1CCN(Cc2cccnc2Cl)C1. The highest BCUT2D eigenvalue weighted by Gasteiger charge is 2.20. The van der Waals surface area contributed by atoms with Crippen LogP contribution in [0.1, 0.15) is 12.0 Å². The number of aliphatic hydroxyl groups excluding tert-OH is 1. The first-order valence-corrected chi connectivity index (χ1v) is 5.13. The Bertz CT molecular complexity index is 319. The number of hydrogen-bond donors (Lipinski definition) is 1. The van der Waals surface area contributed by atoms with Crippen LogP contribution in [0.2, 0.25) is 5.15 Å². The zero-order chi connectivity index (χ0) is 9.97. The van der Waals surface area contributed by atoms with Crippen molar-refractivity contribution in [3.8, 4) is 0 Å². The molecule has 1 fully saturated rings. The van der Waals surface area contributed by atoms with E-state index in [2.05, 4.69) is 9.88 Å². The minimum absolute atomic E-state index is 0.176. The number of nitrogens with zero attached hydrogens (tertiary/aromatic N) is 2. The van der Waals surface area contributed by atoms with Crippen LogP contribution in [-0.2, 0) is 6.54 Å². The lowest BCUT2D eigenvalue weighted by Gasteiger charge is -2.14. The van der Waals surface area contributed by atoms with Gasteiger partial charge in [0.25, 0.3) is 0 Å². The van der Waals surface area contributed by atoms with Crippen LogP contribution >= 0.6 is 11.6 Å². The fourth-order valence-corrected chi connectivity index (χ4v) is 1.91. The van der Waals surface area contributed by atoms with E-state index in [4.69, 9.17) is 11.6 Å². The third kappa shape index (κ3) is 2.23. The van der Waals surface area contributed by atoms with Crippen LogP contribution in [0, 0.1) is 0 Å². The van der Waals surface area contributed by atoms with E-state index in [1.807, 2.05) is 12.1 Å². The fourth-order valence-electron chi connectivity index (χ4n) is 1.73. The molecule has 76 valence electrons. The molecule has 0 aromatic carbocycles. The summed E-state index contributed by atoms with van der Waals surface area (Å²) in [5.74, 6) is 0. The molecule has 0 saturated carbocycles. The predicted molar refractivity (Wildman–Crippen MR) is 55.1 cm³/mol. The van der Waals surface area contributed by atoms with Crippen LogP contribution in [0.5, 0.6) is 0 Å². The largest absolute Gasteiger partial charge is 0.392 e. The molecule has 4 heteroatoms. The molecule has 1 aliphatic heterocycles. The lowest BCUT2D eigenvalue weighted by molar-refractivity contribution is 0.175. The Morgan fingerprint density at radius 1 is 1.64 bits per heavy atom. The van der Waals surface area contributed by atoms with Gasteiger partial charge in [-0.25, -0.2) is 4.98 Å². The smallest absolute Gasteiger partial charge is 0.133 e. The third-order valence-corrected chi connectivity index (χ3v) is 2.82. The number of aliphatic hydroxyl groups is 1. The van der Waals surface area contributed by atoms with Crippen LogP contribution < -0.4 is 0 Å². The molecule has 0 spiro atoms. The quantitative estimate of drug-likeness (QED) is 0.751. The Balaban J connectivity index is 2.01. The zero-order valence-electron chi connectivity index (χ0n) is 7.86. The van der Waals surface area contributed by atoms with Crippen LogP contribution in [0.3, 0.4) is 0 Å². The normalized spacial score (nSPS) is 22.9. The van der Waals surface area contributed by atoms with Gasteiger partial charge in [0.05, 0.1) is 6.10 Å². The first kappa shape index (κ1) is 9.90. The first-order chi connectivity index (χ1) is 6.75. The van der Waals surface area contributed by atoms with Gasteiger partial charge in [0.15, 0.2) is 0 Å². The summed E-state index contributed by atoms with van der Waals surface area (Å²) >= 11 is 5.94. The Morgan fingerprint density at radius 2 is 2.50 bits per heavy atom. The second-order valence-electron chi connectivity index (χ2n) is 3.63. The van der Waals surface area contributed by atoms with Gasteiger partial charge < -0.3 is 5.11 Å². The van der Waals surface area contributed by atoms with Crippen molar-refractivity contribution in [1.29, 1.82) is 0 Å². The van der Waals surface area contributed by atoms with Gasteiger partial charge in [0, 0.05) is 31.4 Å². The lowest BCUT2D eigenvalue weighted by Crippen LogP contribution is -2.21. The standard InChI is InChI=1S/C10H13ClN2O/c11-10-8(2-1-4-12-10)6-13-5-3-9(14)7-13/h1-2,4,9,14H,3,5-7H2. The minimum atomic E-state index is -0.176. The number of pyridine rings is 1. The summed E-state index contributed by atoms with van der Waals surface area (Å²) in [5.41, 5.74) is 1.03. The Morgan fingerprint density at radius 3 is 3.14 bits per heavy atom. The zero-order valence-corrected chi connectivity index (χ0v) is 8.61. The molecule has 0 bridgehead atoms. The van der Waals surface area contributed by atoms with E-state index < -0.39 is 0 Å². The van der Waals surface area contributed by atoms with E-state index in [0.29, 0.717) is 5.15 Å². The topological polar surface area (TPSA) is 36.4 Å². The van der Waals surface area contributed by atoms with Crippen molar-refractivity contribution in [2.75, 3.05) is 13.1 Å². The molecule has 3 nitrogen and oxygen atoms in total. The van der Waals surface area contributed by atoms with Gasteiger partial charge in [-0.1, -0.05) is 17.7 Å². The second-order valence-corrected chi connectivity index (χ2v) is 3.99. The molecule has 1 N–H and O–H groups in total. The number of rotatable bonds is 2. The molecule has 2 rings (SSSR count). The molecular weight excluding hydrogens is 200 g/mol. The van der Waals surface area contributed by atoms with Gasteiger partial charge >= 0.3 is 0 Å². The Labute approximate surface area is 88.3 Å². The van der Waals surface area contributed by atoms with E-state index in [1.54, 1.807) is 6.20 Å². The van der Waals surface area contributed by atoms with Crippen molar-refractivity contribution in [3.05, 3.63) is 29.0 Å². The lowest BCUT2D eigenvalue weighted by atomic mass is 10.3. The van der Waals surface area contributed by atoms with Gasteiger partial charge in [-0.3, -0.25) is 4.90 Å². The molecule has 1 atom stereocenters. The molecular formula is C10H13ClN2O. The summed E-state index contributed by atoms with van der Waals surface area (Å²) < 4.78 is 0. The van der Waals surface area contributed by atoms with Crippen molar-refractivity contribution in [2.45, 2.75) is 19.1 Å². The molecule has 2 heterocycles. The van der Waals surface area contributed by atoms with E-state index in [0.717, 1.165) is 31.6 Å². The van der Waals surface area contributed by atoms with Crippen molar-refractivity contribution < 1.29 is 5.11 Å². The third-order valence-electron chi connectivity index (χ3n) is 2.48. The van der Waals surface area contributed by atoms with Crippen molar-refractivity contribution >= 4 is 11.6 Å². The van der Waals surface area contributed by atoms with Gasteiger partial charge in [-0.2, -0.15) is 0 Å². The second kappa shape index (κ2) is 4.26. The predicted octanol–water partition coefficient (Wildman–Crippen LogP) is 1.30.